The van der Waals surface area contributed by atoms with Gasteiger partial charge in [-0.1, -0.05) is 0 Å². The van der Waals surface area contributed by atoms with Gasteiger partial charge in [-0.05, 0) is 55.8 Å². The van der Waals surface area contributed by atoms with Gasteiger partial charge in [0.15, 0.2) is 9.84 Å². The van der Waals surface area contributed by atoms with Gasteiger partial charge in [0.25, 0.3) is 0 Å². The van der Waals surface area contributed by atoms with Gasteiger partial charge in [0, 0.05) is 11.3 Å². The molecule has 182 valence electrons. The second kappa shape index (κ2) is 10.1. The summed E-state index contributed by atoms with van der Waals surface area (Å²) in [6.45, 7) is 3.07. The maximum atomic E-state index is 13.7. The van der Waals surface area contributed by atoms with Gasteiger partial charge in [0.2, 0.25) is 0 Å². The highest BCUT2D eigenvalue weighted by molar-refractivity contribution is 7.91. The molecule has 0 aliphatic carbocycles. The Balaban J connectivity index is 2.17. The summed E-state index contributed by atoms with van der Waals surface area (Å²) in [5.41, 5.74) is 0.260. The standard InChI is InChI=1S/C23H25FN2O7S/c1-5-33-22(27)20-18(12-34(29,30)15-7-8-17(24)13(2)10-15)25-23(28)26-21(20)16-11-14(31-3)6-9-19(16)32-4/h6-11,21H,5,12H2,1-4H3,(H2,25,26,28)/t21-/m1/s1. The number of carbonyl (C=O) groups is 2. The van der Waals surface area contributed by atoms with E-state index in [9.17, 15) is 22.4 Å². The first-order valence-corrected chi connectivity index (χ1v) is 11.9. The molecule has 1 aliphatic rings. The van der Waals surface area contributed by atoms with E-state index in [0.29, 0.717) is 17.1 Å². The van der Waals surface area contributed by atoms with Crippen molar-refractivity contribution in [3.8, 4) is 11.5 Å². The molecule has 1 atom stereocenters. The first-order valence-electron chi connectivity index (χ1n) is 10.3. The fourth-order valence-corrected chi connectivity index (χ4v) is 4.97. The van der Waals surface area contributed by atoms with Gasteiger partial charge in [-0.2, -0.15) is 0 Å². The number of benzene rings is 2. The summed E-state index contributed by atoms with van der Waals surface area (Å²) in [4.78, 5) is 25.4. The fraction of sp³-hybridized carbons (Fsp3) is 0.304. The Morgan fingerprint density at radius 2 is 1.85 bits per heavy atom. The predicted octanol–water partition coefficient (Wildman–Crippen LogP) is 2.80. The number of aryl methyl sites for hydroxylation is 1. The SMILES string of the molecule is CCOC(=O)C1=C(CS(=O)(=O)c2ccc(F)c(C)c2)NC(=O)N[C@@H]1c1cc(OC)ccc1OC. The van der Waals surface area contributed by atoms with Crippen LogP contribution in [-0.4, -0.2) is 47.0 Å². The topological polar surface area (TPSA) is 120 Å². The number of amides is 2. The van der Waals surface area contributed by atoms with Crippen LogP contribution in [0.3, 0.4) is 0 Å². The Kier molecular flexibility index (Phi) is 7.45. The van der Waals surface area contributed by atoms with Crippen LogP contribution in [0.2, 0.25) is 0 Å². The van der Waals surface area contributed by atoms with E-state index in [0.717, 1.165) is 12.1 Å². The average molecular weight is 493 g/mol. The van der Waals surface area contributed by atoms with Crippen molar-refractivity contribution in [2.45, 2.75) is 24.8 Å². The van der Waals surface area contributed by atoms with E-state index in [1.165, 1.54) is 27.2 Å². The van der Waals surface area contributed by atoms with E-state index in [1.54, 1.807) is 25.1 Å². The number of carbonyl (C=O) groups excluding carboxylic acids is 2. The third kappa shape index (κ3) is 5.14. The Morgan fingerprint density at radius 1 is 1.12 bits per heavy atom. The third-order valence-corrected chi connectivity index (χ3v) is 6.86. The summed E-state index contributed by atoms with van der Waals surface area (Å²) >= 11 is 0. The monoisotopic (exact) mass is 492 g/mol. The summed E-state index contributed by atoms with van der Waals surface area (Å²) in [6, 6.07) is 6.39. The average Bonchev–Trinajstić information content (AvgIpc) is 2.79. The maximum Gasteiger partial charge on any atom is 0.338 e. The van der Waals surface area contributed by atoms with E-state index in [-0.39, 0.29) is 28.3 Å². The van der Waals surface area contributed by atoms with Gasteiger partial charge >= 0.3 is 12.0 Å². The molecule has 0 saturated carbocycles. The van der Waals surface area contributed by atoms with Crippen LogP contribution in [0, 0.1) is 12.7 Å². The number of nitrogens with one attached hydrogen (secondary N) is 2. The lowest BCUT2D eigenvalue weighted by Crippen LogP contribution is -2.47. The van der Waals surface area contributed by atoms with Crippen molar-refractivity contribution in [2.75, 3.05) is 26.6 Å². The summed E-state index contributed by atoms with van der Waals surface area (Å²) in [7, 11) is -1.19. The van der Waals surface area contributed by atoms with E-state index in [2.05, 4.69) is 10.6 Å². The minimum absolute atomic E-state index is 0.0232. The third-order valence-electron chi connectivity index (χ3n) is 5.22. The number of esters is 1. The number of urea groups is 1. The molecule has 9 nitrogen and oxygen atoms in total. The number of sulfone groups is 1. The number of methoxy groups -OCH3 is 2. The van der Waals surface area contributed by atoms with Crippen molar-refractivity contribution in [1.82, 2.24) is 10.6 Å². The van der Waals surface area contributed by atoms with Crippen LogP contribution in [0.5, 0.6) is 11.5 Å². The lowest BCUT2D eigenvalue weighted by Gasteiger charge is -2.30. The van der Waals surface area contributed by atoms with Gasteiger partial charge in [-0.25, -0.2) is 22.4 Å². The molecular weight excluding hydrogens is 467 g/mol. The van der Waals surface area contributed by atoms with Crippen LogP contribution in [0.4, 0.5) is 9.18 Å². The van der Waals surface area contributed by atoms with Gasteiger partial charge in [0.1, 0.15) is 17.3 Å². The van der Waals surface area contributed by atoms with Gasteiger partial charge in [-0.15, -0.1) is 0 Å². The molecule has 2 N–H and O–H groups in total. The Bertz CT molecular complexity index is 1260. The number of ether oxygens (including phenoxy) is 3. The minimum atomic E-state index is -4.07. The minimum Gasteiger partial charge on any atom is -0.497 e. The van der Waals surface area contributed by atoms with Crippen molar-refractivity contribution in [2.24, 2.45) is 0 Å². The number of halogens is 1. The summed E-state index contributed by atoms with van der Waals surface area (Å²) in [5.74, 6) is -1.31. The van der Waals surface area contributed by atoms with Crippen LogP contribution < -0.4 is 20.1 Å². The normalized spacial score (nSPS) is 15.9. The molecule has 11 heteroatoms. The molecule has 0 fully saturated rings. The van der Waals surface area contributed by atoms with Crippen molar-refractivity contribution >= 4 is 21.8 Å². The predicted molar refractivity (Wildman–Crippen MR) is 121 cm³/mol. The lowest BCUT2D eigenvalue weighted by molar-refractivity contribution is -0.139. The van der Waals surface area contributed by atoms with Crippen molar-refractivity contribution in [3.05, 3.63) is 64.6 Å². The molecule has 1 heterocycles. The van der Waals surface area contributed by atoms with Gasteiger partial charge in [-0.3, -0.25) is 0 Å². The Morgan fingerprint density at radius 3 is 2.47 bits per heavy atom. The van der Waals surface area contributed by atoms with Crippen LogP contribution in [0.15, 0.2) is 52.6 Å². The molecule has 0 bridgehead atoms. The zero-order chi connectivity index (χ0) is 25.0. The number of hydrogen-bond acceptors (Lipinski definition) is 7. The summed E-state index contributed by atoms with van der Waals surface area (Å²) in [5, 5.41) is 5.06. The highest BCUT2D eigenvalue weighted by Crippen LogP contribution is 2.36. The van der Waals surface area contributed by atoms with Crippen LogP contribution in [-0.2, 0) is 19.4 Å². The smallest absolute Gasteiger partial charge is 0.338 e. The molecule has 0 saturated heterocycles. The lowest BCUT2D eigenvalue weighted by atomic mass is 9.94. The molecule has 0 aromatic heterocycles. The molecule has 0 spiro atoms. The molecule has 2 amide bonds. The first kappa shape index (κ1) is 25.0. The Labute approximate surface area is 196 Å². The second-order valence-corrected chi connectivity index (χ2v) is 9.41. The molecule has 0 radical (unpaired) electrons. The van der Waals surface area contributed by atoms with E-state index in [1.807, 2.05) is 0 Å². The van der Waals surface area contributed by atoms with Crippen molar-refractivity contribution in [3.63, 3.8) is 0 Å². The molecule has 34 heavy (non-hydrogen) atoms. The molecular formula is C23H25FN2O7S. The molecule has 3 rings (SSSR count). The highest BCUT2D eigenvalue weighted by atomic mass is 32.2. The molecule has 2 aromatic rings. The van der Waals surface area contributed by atoms with E-state index < -0.39 is 39.4 Å². The molecule has 1 aliphatic heterocycles. The van der Waals surface area contributed by atoms with Crippen LogP contribution in [0.25, 0.3) is 0 Å². The molecule has 2 aromatic carbocycles. The van der Waals surface area contributed by atoms with E-state index >= 15 is 0 Å². The maximum absolute atomic E-state index is 13.7. The van der Waals surface area contributed by atoms with Crippen molar-refractivity contribution < 1.29 is 36.6 Å². The van der Waals surface area contributed by atoms with Gasteiger partial charge < -0.3 is 24.8 Å². The summed E-state index contributed by atoms with van der Waals surface area (Å²) < 4.78 is 55.8. The second-order valence-electron chi connectivity index (χ2n) is 7.42. The number of hydrogen-bond donors (Lipinski definition) is 2. The molecule has 0 unspecified atom stereocenters. The Hall–Kier alpha value is -3.60. The first-order chi connectivity index (χ1) is 16.1. The zero-order valence-electron chi connectivity index (χ0n) is 19.1. The van der Waals surface area contributed by atoms with E-state index in [4.69, 9.17) is 14.2 Å². The van der Waals surface area contributed by atoms with Crippen molar-refractivity contribution in [1.29, 1.82) is 0 Å². The van der Waals surface area contributed by atoms with Gasteiger partial charge in [0.05, 0.1) is 43.1 Å². The largest absolute Gasteiger partial charge is 0.497 e. The zero-order valence-corrected chi connectivity index (χ0v) is 19.9. The summed E-state index contributed by atoms with van der Waals surface area (Å²) in [6.07, 6.45) is 0. The van der Waals surface area contributed by atoms with Crippen LogP contribution in [0.1, 0.15) is 24.1 Å². The highest BCUT2D eigenvalue weighted by Gasteiger charge is 2.37. The van der Waals surface area contributed by atoms with Crippen LogP contribution >= 0.6 is 0 Å². The number of rotatable bonds is 8. The quantitative estimate of drug-likeness (QED) is 0.429. The fourth-order valence-electron chi connectivity index (χ4n) is 3.56.